The van der Waals surface area contributed by atoms with Crippen molar-refractivity contribution in [2.45, 2.75) is 89.9 Å². The van der Waals surface area contributed by atoms with Crippen LogP contribution in [0.4, 0.5) is 0 Å². The van der Waals surface area contributed by atoms with Gasteiger partial charge in [0.25, 0.3) is 0 Å². The van der Waals surface area contributed by atoms with Crippen LogP contribution in [0.3, 0.4) is 0 Å². The highest BCUT2D eigenvalue weighted by atomic mass is 32.2. The molecule has 150 valence electrons. The lowest BCUT2D eigenvalue weighted by Gasteiger charge is -2.16. The highest BCUT2D eigenvalue weighted by Crippen LogP contribution is 2.18. The van der Waals surface area contributed by atoms with Crippen molar-refractivity contribution in [2.75, 3.05) is 18.8 Å². The van der Waals surface area contributed by atoms with Crippen LogP contribution in [0.25, 0.3) is 0 Å². The van der Waals surface area contributed by atoms with Crippen LogP contribution < -0.4 is 5.73 Å². The number of primary amides is 1. The largest absolute Gasteiger partial charge is 0.370 e. The molecule has 0 spiro atoms. The zero-order valence-electron chi connectivity index (χ0n) is 16.4. The van der Waals surface area contributed by atoms with Gasteiger partial charge in [-0.25, -0.2) is 0 Å². The number of rotatable bonds is 17. The van der Waals surface area contributed by atoms with Crippen LogP contribution in [-0.2, 0) is 4.79 Å². The molecule has 0 bridgehead atoms. The molecule has 3 nitrogen and oxygen atoms in total. The fourth-order valence-electron chi connectivity index (χ4n) is 3.23. The van der Waals surface area contributed by atoms with Gasteiger partial charge in [0.2, 0.25) is 5.91 Å². The quantitative estimate of drug-likeness (QED) is 0.190. The maximum absolute atomic E-state index is 10.6. The topological polar surface area (TPSA) is 46.3 Å². The second kappa shape index (κ2) is 16.6. The van der Waals surface area contributed by atoms with Gasteiger partial charge in [0, 0.05) is 25.3 Å². The molecule has 0 atom stereocenters. The normalized spacial score (nSPS) is 14.6. The molecule has 0 aromatic rings. The molecule has 1 heterocycles. The highest BCUT2D eigenvalue weighted by molar-refractivity contribution is 8.23. The van der Waals surface area contributed by atoms with Crippen molar-refractivity contribution in [2.24, 2.45) is 5.73 Å². The van der Waals surface area contributed by atoms with Crippen molar-refractivity contribution in [3.8, 4) is 0 Å². The monoisotopic (exact) mass is 398 g/mol. The minimum absolute atomic E-state index is 0.168. The molecule has 1 aliphatic heterocycles. The van der Waals surface area contributed by atoms with Crippen molar-refractivity contribution < 1.29 is 4.79 Å². The fourth-order valence-corrected chi connectivity index (χ4v) is 4.51. The number of carbonyl (C=O) groups excluding carboxylic acids is 1. The van der Waals surface area contributed by atoms with E-state index in [4.69, 9.17) is 18.0 Å². The zero-order chi connectivity index (χ0) is 18.9. The first-order chi connectivity index (χ1) is 12.7. The van der Waals surface area contributed by atoms with Gasteiger partial charge >= 0.3 is 0 Å². The molecule has 1 saturated heterocycles. The Hall–Kier alpha value is -0.550. The average Bonchev–Trinajstić information content (AvgIpc) is 3.02. The summed E-state index contributed by atoms with van der Waals surface area (Å²) in [6, 6.07) is 0. The number of hydrogen-bond donors (Lipinski definition) is 1. The SMILES string of the molecule is NC(=O)CCCCCCC/C=C/CCCCCCCCN1CCSC1=S. The van der Waals surface area contributed by atoms with Crippen LogP contribution in [0.5, 0.6) is 0 Å². The van der Waals surface area contributed by atoms with Crippen LogP contribution in [-0.4, -0.2) is 34.0 Å². The van der Waals surface area contributed by atoms with Crippen molar-refractivity contribution in [3.63, 3.8) is 0 Å². The molecule has 0 aliphatic carbocycles. The van der Waals surface area contributed by atoms with E-state index in [1.807, 2.05) is 11.8 Å². The molecule has 2 N–H and O–H groups in total. The van der Waals surface area contributed by atoms with E-state index >= 15 is 0 Å². The predicted octanol–water partition coefficient (Wildman–Crippen LogP) is 5.82. The number of unbranched alkanes of at least 4 members (excludes halogenated alkanes) is 11. The summed E-state index contributed by atoms with van der Waals surface area (Å²) < 4.78 is 1.11. The summed E-state index contributed by atoms with van der Waals surface area (Å²) >= 11 is 7.16. The molecule has 5 heteroatoms. The lowest BCUT2D eigenvalue weighted by Crippen LogP contribution is -2.23. The van der Waals surface area contributed by atoms with Crippen molar-refractivity contribution in [1.29, 1.82) is 0 Å². The average molecular weight is 399 g/mol. The molecule has 0 radical (unpaired) electrons. The Balaban J connectivity index is 1.74. The predicted molar refractivity (Wildman–Crippen MR) is 120 cm³/mol. The minimum atomic E-state index is -0.168. The molecule has 1 fully saturated rings. The number of carbonyl (C=O) groups is 1. The molecule has 0 aromatic heterocycles. The van der Waals surface area contributed by atoms with E-state index in [-0.39, 0.29) is 5.91 Å². The van der Waals surface area contributed by atoms with E-state index in [1.165, 1.54) is 82.9 Å². The molecule has 26 heavy (non-hydrogen) atoms. The van der Waals surface area contributed by atoms with Gasteiger partial charge in [0.05, 0.1) is 0 Å². The Morgan fingerprint density at radius 3 is 2.00 bits per heavy atom. The summed E-state index contributed by atoms with van der Waals surface area (Å²) in [5, 5.41) is 0. The molecule has 1 aliphatic rings. The van der Waals surface area contributed by atoms with E-state index < -0.39 is 0 Å². The van der Waals surface area contributed by atoms with Gasteiger partial charge in [-0.3, -0.25) is 4.79 Å². The van der Waals surface area contributed by atoms with Gasteiger partial charge in [-0.05, 0) is 38.5 Å². The van der Waals surface area contributed by atoms with E-state index in [0.29, 0.717) is 6.42 Å². The van der Waals surface area contributed by atoms with Gasteiger partial charge in [0.1, 0.15) is 4.32 Å². The van der Waals surface area contributed by atoms with Crippen molar-refractivity contribution in [1.82, 2.24) is 4.90 Å². The second-order valence-corrected chi connectivity index (χ2v) is 8.98. The lowest BCUT2D eigenvalue weighted by molar-refractivity contribution is -0.118. The Morgan fingerprint density at radius 2 is 1.46 bits per heavy atom. The summed E-state index contributed by atoms with van der Waals surface area (Å²) in [4.78, 5) is 13.0. The standard InChI is InChI=1S/C21H38N2OS2/c22-20(24)16-14-12-10-8-6-4-2-1-3-5-7-9-11-13-15-17-23-18-19-26-21(23)25/h1-2H,3-19H2,(H2,22,24)/b2-1+. The Morgan fingerprint density at radius 1 is 0.923 bits per heavy atom. The van der Waals surface area contributed by atoms with Crippen molar-refractivity contribution >= 4 is 34.2 Å². The van der Waals surface area contributed by atoms with E-state index in [0.717, 1.165) is 23.7 Å². The van der Waals surface area contributed by atoms with Crippen LogP contribution in [0.2, 0.25) is 0 Å². The molecule has 0 unspecified atom stereocenters. The number of allylic oxidation sites excluding steroid dienone is 2. The third-order valence-corrected chi connectivity index (χ3v) is 6.36. The van der Waals surface area contributed by atoms with Crippen LogP contribution >= 0.6 is 24.0 Å². The van der Waals surface area contributed by atoms with Crippen LogP contribution in [0.1, 0.15) is 89.9 Å². The molecule has 1 amide bonds. The third kappa shape index (κ3) is 13.6. The summed E-state index contributed by atoms with van der Waals surface area (Å²) in [6.45, 7) is 2.32. The Labute approximate surface area is 170 Å². The summed E-state index contributed by atoms with van der Waals surface area (Å²) in [7, 11) is 0. The second-order valence-electron chi connectivity index (χ2n) is 7.26. The molecule has 1 rings (SSSR count). The van der Waals surface area contributed by atoms with Gasteiger partial charge in [-0.1, -0.05) is 81.1 Å². The fraction of sp³-hybridized carbons (Fsp3) is 0.810. The first-order valence-corrected chi connectivity index (χ1v) is 11.9. The smallest absolute Gasteiger partial charge is 0.217 e. The number of nitrogens with zero attached hydrogens (tertiary/aromatic N) is 1. The van der Waals surface area contributed by atoms with Crippen molar-refractivity contribution in [3.05, 3.63) is 12.2 Å². The van der Waals surface area contributed by atoms with Crippen LogP contribution in [0.15, 0.2) is 12.2 Å². The Bertz CT molecular complexity index is 413. The van der Waals surface area contributed by atoms with E-state index in [2.05, 4.69) is 17.1 Å². The maximum Gasteiger partial charge on any atom is 0.217 e. The van der Waals surface area contributed by atoms with Gasteiger partial charge in [-0.15, -0.1) is 0 Å². The first-order valence-electron chi connectivity index (χ1n) is 10.5. The highest BCUT2D eigenvalue weighted by Gasteiger charge is 2.15. The maximum atomic E-state index is 10.6. The van der Waals surface area contributed by atoms with Gasteiger partial charge < -0.3 is 10.6 Å². The zero-order valence-corrected chi connectivity index (χ0v) is 18.1. The summed E-state index contributed by atoms with van der Waals surface area (Å²) in [5.41, 5.74) is 5.13. The summed E-state index contributed by atoms with van der Waals surface area (Å²) in [5.74, 6) is 1.02. The molecule has 0 saturated carbocycles. The number of thioether (sulfide) groups is 1. The summed E-state index contributed by atoms with van der Waals surface area (Å²) in [6.07, 6.45) is 21.6. The molecular formula is C21H38N2OS2. The molecule has 0 aromatic carbocycles. The Kier molecular flexibility index (Phi) is 15.0. The third-order valence-electron chi connectivity index (χ3n) is 4.85. The first kappa shape index (κ1) is 23.5. The van der Waals surface area contributed by atoms with E-state index in [1.54, 1.807) is 0 Å². The van der Waals surface area contributed by atoms with Crippen LogP contribution in [0, 0.1) is 0 Å². The van der Waals surface area contributed by atoms with E-state index in [9.17, 15) is 4.79 Å². The minimum Gasteiger partial charge on any atom is -0.370 e. The van der Waals surface area contributed by atoms with Gasteiger partial charge in [0.15, 0.2) is 0 Å². The van der Waals surface area contributed by atoms with Gasteiger partial charge in [-0.2, -0.15) is 0 Å². The number of hydrogen-bond acceptors (Lipinski definition) is 3. The number of amides is 1. The molecular weight excluding hydrogens is 360 g/mol. The number of thiocarbonyl (C=S) groups is 1. The number of nitrogens with two attached hydrogens (primary N) is 1. The lowest BCUT2D eigenvalue weighted by atomic mass is 10.1.